The molecule has 4 nitrogen and oxygen atoms in total. The number of nitrogens with zero attached hydrogens (tertiary/aromatic N) is 1. The molecule has 4 heteroatoms. The molecule has 1 aromatic heterocycles. The lowest BCUT2D eigenvalue weighted by Gasteiger charge is -2.23. The molecule has 0 amide bonds. The van der Waals surface area contributed by atoms with E-state index in [1.54, 1.807) is 6.08 Å². The van der Waals surface area contributed by atoms with Crippen LogP contribution in [0.15, 0.2) is 29.2 Å². The Morgan fingerprint density at radius 3 is 2.89 bits per heavy atom. The van der Waals surface area contributed by atoms with E-state index in [1.807, 2.05) is 19.1 Å². The summed E-state index contributed by atoms with van der Waals surface area (Å²) in [6, 6.07) is 3.95. The summed E-state index contributed by atoms with van der Waals surface area (Å²) in [4.78, 5) is 2.18. The molecule has 0 aliphatic rings. The van der Waals surface area contributed by atoms with E-state index >= 15 is 0 Å². The van der Waals surface area contributed by atoms with Crippen LogP contribution in [0.1, 0.15) is 24.9 Å². The van der Waals surface area contributed by atoms with Gasteiger partial charge in [0.25, 0.3) is 0 Å². The van der Waals surface area contributed by atoms with Gasteiger partial charge in [-0.05, 0) is 32.0 Å². The number of ether oxygens (including phenoxy) is 1. The SMILES string of the molecule is C=CCOCC(O)CN(CCC)Cc1ccc(C)o1. The highest BCUT2D eigenvalue weighted by Crippen LogP contribution is 2.10. The average Bonchev–Trinajstić information content (AvgIpc) is 2.75. The average molecular weight is 267 g/mol. The van der Waals surface area contributed by atoms with Gasteiger partial charge >= 0.3 is 0 Å². The van der Waals surface area contributed by atoms with Gasteiger partial charge in [0, 0.05) is 6.54 Å². The summed E-state index contributed by atoms with van der Waals surface area (Å²) in [6.07, 6.45) is 2.24. The molecule has 1 N–H and O–H groups in total. The zero-order valence-electron chi connectivity index (χ0n) is 12.0. The number of aliphatic hydroxyl groups excluding tert-OH is 1. The largest absolute Gasteiger partial charge is 0.465 e. The lowest BCUT2D eigenvalue weighted by molar-refractivity contribution is 0.0234. The van der Waals surface area contributed by atoms with Crippen LogP contribution in [0.4, 0.5) is 0 Å². The molecule has 0 spiro atoms. The maximum Gasteiger partial charge on any atom is 0.118 e. The Morgan fingerprint density at radius 2 is 2.32 bits per heavy atom. The van der Waals surface area contributed by atoms with Crippen molar-refractivity contribution in [3.8, 4) is 0 Å². The molecule has 1 aromatic rings. The third-order valence-electron chi connectivity index (χ3n) is 2.73. The number of hydrogen-bond donors (Lipinski definition) is 1. The Labute approximate surface area is 115 Å². The summed E-state index contributed by atoms with van der Waals surface area (Å²) < 4.78 is 10.8. The monoisotopic (exact) mass is 267 g/mol. The number of rotatable bonds is 10. The molecule has 0 aliphatic carbocycles. The van der Waals surface area contributed by atoms with Crippen LogP contribution in [0, 0.1) is 6.92 Å². The molecule has 108 valence electrons. The minimum atomic E-state index is -0.484. The molecule has 19 heavy (non-hydrogen) atoms. The van der Waals surface area contributed by atoms with Crippen LogP contribution >= 0.6 is 0 Å². The van der Waals surface area contributed by atoms with Crippen LogP contribution in [-0.2, 0) is 11.3 Å². The normalized spacial score (nSPS) is 12.8. The van der Waals surface area contributed by atoms with Gasteiger partial charge < -0.3 is 14.3 Å². The Hall–Kier alpha value is -1.10. The minimum Gasteiger partial charge on any atom is -0.465 e. The Morgan fingerprint density at radius 1 is 1.53 bits per heavy atom. The first kappa shape index (κ1) is 16.0. The van der Waals surface area contributed by atoms with Gasteiger partial charge in [-0.3, -0.25) is 4.90 Å². The summed E-state index contributed by atoms with van der Waals surface area (Å²) in [5.74, 6) is 1.85. The molecule has 0 radical (unpaired) electrons. The third kappa shape index (κ3) is 6.57. The Bertz CT molecular complexity index is 362. The maximum atomic E-state index is 9.92. The summed E-state index contributed by atoms with van der Waals surface area (Å²) in [5, 5.41) is 9.92. The Balaban J connectivity index is 2.40. The summed E-state index contributed by atoms with van der Waals surface area (Å²) in [6.45, 7) is 10.7. The molecule has 0 aromatic carbocycles. The zero-order valence-corrected chi connectivity index (χ0v) is 12.0. The van der Waals surface area contributed by atoms with Gasteiger partial charge in [0.1, 0.15) is 11.5 Å². The Kier molecular flexibility index (Phi) is 7.48. The molecule has 0 bridgehead atoms. The van der Waals surface area contributed by atoms with Crippen molar-refractivity contribution in [2.45, 2.75) is 32.9 Å². The topological polar surface area (TPSA) is 45.8 Å². The van der Waals surface area contributed by atoms with E-state index in [1.165, 1.54) is 0 Å². The second-order valence-electron chi connectivity index (χ2n) is 4.73. The van der Waals surface area contributed by atoms with Crippen molar-refractivity contribution in [2.75, 3.05) is 26.3 Å². The molecule has 1 atom stereocenters. The number of hydrogen-bond acceptors (Lipinski definition) is 4. The first-order valence-electron chi connectivity index (χ1n) is 6.80. The fourth-order valence-corrected chi connectivity index (χ4v) is 1.98. The smallest absolute Gasteiger partial charge is 0.118 e. The fraction of sp³-hybridized carbons (Fsp3) is 0.600. The second kappa shape index (κ2) is 8.91. The van der Waals surface area contributed by atoms with Crippen LogP contribution in [0.3, 0.4) is 0 Å². The van der Waals surface area contributed by atoms with E-state index in [0.29, 0.717) is 19.8 Å². The first-order valence-corrected chi connectivity index (χ1v) is 6.80. The summed E-state index contributed by atoms with van der Waals surface area (Å²) >= 11 is 0. The van der Waals surface area contributed by atoms with Crippen LogP contribution in [0.25, 0.3) is 0 Å². The van der Waals surface area contributed by atoms with Gasteiger partial charge in [-0.1, -0.05) is 13.0 Å². The van der Waals surface area contributed by atoms with E-state index < -0.39 is 6.10 Å². The fourth-order valence-electron chi connectivity index (χ4n) is 1.98. The molecule has 1 rings (SSSR count). The van der Waals surface area contributed by atoms with E-state index in [9.17, 15) is 5.11 Å². The molecule has 0 aliphatic heterocycles. The molecule has 0 saturated carbocycles. The predicted molar refractivity (Wildman–Crippen MR) is 76.0 cm³/mol. The van der Waals surface area contributed by atoms with Crippen LogP contribution in [0.5, 0.6) is 0 Å². The number of furan rings is 1. The van der Waals surface area contributed by atoms with Crippen LogP contribution in [-0.4, -0.2) is 42.4 Å². The van der Waals surface area contributed by atoms with Gasteiger partial charge in [0.2, 0.25) is 0 Å². The molecule has 0 saturated heterocycles. The molecule has 1 unspecified atom stereocenters. The zero-order chi connectivity index (χ0) is 14.1. The van der Waals surface area contributed by atoms with E-state index in [-0.39, 0.29) is 0 Å². The van der Waals surface area contributed by atoms with Crippen LogP contribution in [0.2, 0.25) is 0 Å². The van der Waals surface area contributed by atoms with Crippen molar-refractivity contribution in [2.24, 2.45) is 0 Å². The van der Waals surface area contributed by atoms with Crippen LogP contribution < -0.4 is 0 Å². The standard InChI is InChI=1S/C15H25NO3/c1-4-8-16(10-14(17)12-18-9-5-2)11-15-7-6-13(3)19-15/h5-7,14,17H,2,4,8-12H2,1,3H3. The number of aryl methyl sites for hydroxylation is 1. The maximum absolute atomic E-state index is 9.92. The minimum absolute atomic E-state index is 0.337. The van der Waals surface area contributed by atoms with Gasteiger partial charge in [0.15, 0.2) is 0 Å². The predicted octanol–water partition coefficient (Wildman–Crippen LogP) is 2.36. The van der Waals surface area contributed by atoms with E-state index in [0.717, 1.165) is 31.0 Å². The highest BCUT2D eigenvalue weighted by atomic mass is 16.5. The van der Waals surface area contributed by atoms with Gasteiger partial charge in [0.05, 0.1) is 25.9 Å². The van der Waals surface area contributed by atoms with Gasteiger partial charge in [-0.25, -0.2) is 0 Å². The van der Waals surface area contributed by atoms with E-state index in [4.69, 9.17) is 9.15 Å². The quantitative estimate of drug-likeness (QED) is 0.522. The molecular weight excluding hydrogens is 242 g/mol. The summed E-state index contributed by atoms with van der Waals surface area (Å²) in [5.41, 5.74) is 0. The van der Waals surface area contributed by atoms with Crippen molar-refractivity contribution in [3.05, 3.63) is 36.3 Å². The van der Waals surface area contributed by atoms with Gasteiger partial charge in [-0.2, -0.15) is 0 Å². The van der Waals surface area contributed by atoms with Crippen molar-refractivity contribution in [1.82, 2.24) is 4.90 Å². The highest BCUT2D eigenvalue weighted by Gasteiger charge is 2.13. The lowest BCUT2D eigenvalue weighted by Crippen LogP contribution is -2.35. The van der Waals surface area contributed by atoms with E-state index in [2.05, 4.69) is 18.4 Å². The third-order valence-corrected chi connectivity index (χ3v) is 2.73. The van der Waals surface area contributed by atoms with Crippen molar-refractivity contribution >= 4 is 0 Å². The molecule has 0 fully saturated rings. The highest BCUT2D eigenvalue weighted by molar-refractivity contribution is 5.05. The van der Waals surface area contributed by atoms with Gasteiger partial charge in [-0.15, -0.1) is 6.58 Å². The first-order chi connectivity index (χ1) is 9.15. The molecular formula is C15H25NO3. The number of aliphatic hydroxyl groups is 1. The second-order valence-corrected chi connectivity index (χ2v) is 4.73. The lowest BCUT2D eigenvalue weighted by atomic mass is 10.3. The van der Waals surface area contributed by atoms with Crippen molar-refractivity contribution < 1.29 is 14.3 Å². The van der Waals surface area contributed by atoms with Crippen molar-refractivity contribution in [1.29, 1.82) is 0 Å². The summed E-state index contributed by atoms with van der Waals surface area (Å²) in [7, 11) is 0. The molecule has 1 heterocycles. The van der Waals surface area contributed by atoms with Crippen molar-refractivity contribution in [3.63, 3.8) is 0 Å².